The van der Waals surface area contributed by atoms with Crippen molar-refractivity contribution in [2.24, 2.45) is 0 Å². The summed E-state index contributed by atoms with van der Waals surface area (Å²) in [6.45, 7) is 0. The van der Waals surface area contributed by atoms with Crippen molar-refractivity contribution in [2.45, 2.75) is 0 Å². The first-order valence-corrected chi connectivity index (χ1v) is 10.7. The van der Waals surface area contributed by atoms with Crippen LogP contribution in [0.3, 0.4) is 0 Å². The summed E-state index contributed by atoms with van der Waals surface area (Å²) >= 11 is 0. The van der Waals surface area contributed by atoms with Crippen LogP contribution >= 0.6 is 0 Å². The monoisotopic (exact) mass is 648 g/mol. The van der Waals surface area contributed by atoms with Gasteiger partial charge in [0.1, 0.15) is 0 Å². The quantitative estimate of drug-likeness (QED) is 0.258. The van der Waals surface area contributed by atoms with Crippen molar-refractivity contribution in [3.05, 3.63) is 110 Å². The average molecular weight is 648 g/mol. The number of aromatic nitrogens is 9. The molecule has 6 heterocycles. The van der Waals surface area contributed by atoms with Crippen LogP contribution in [0, 0.1) is 0 Å². The maximum Gasteiger partial charge on any atom is 1.00 e. The van der Waals surface area contributed by atoms with E-state index in [0.29, 0.717) is 0 Å². The largest absolute Gasteiger partial charge is 1.00 e. The van der Waals surface area contributed by atoms with Crippen molar-refractivity contribution in [1.29, 1.82) is 0 Å². The maximum absolute atomic E-state index is 4.83. The molecule has 0 amide bonds. The molecular weight excluding hydrogens is 630 g/mol. The summed E-state index contributed by atoms with van der Waals surface area (Å²) < 4.78 is 5.51. The van der Waals surface area contributed by atoms with Crippen molar-refractivity contribution < 1.29 is 0 Å². The van der Waals surface area contributed by atoms with Crippen LogP contribution < -0.4 is 0 Å². The molecule has 0 saturated heterocycles. The second kappa shape index (κ2) is 10.1. The fourth-order valence-corrected chi connectivity index (χ4v) is 3.77. The molecule has 6 aromatic heterocycles. The van der Waals surface area contributed by atoms with E-state index in [1.54, 1.807) is 37.2 Å². The summed E-state index contributed by atoms with van der Waals surface area (Å²) in [5.41, 5.74) is 5.27. The predicted octanol–water partition coefficient (Wildman–Crippen LogP) is 3.01. The third-order valence-corrected chi connectivity index (χ3v) is 5.41. The summed E-state index contributed by atoms with van der Waals surface area (Å²) in [4.78, 5) is 12.6. The molecule has 0 aromatic carbocycles. The molecule has 35 heavy (non-hydrogen) atoms. The fraction of sp³-hybridized carbons (Fsp3) is 0. The second-order valence-corrected chi connectivity index (χ2v) is 7.61. The molecule has 6 rings (SSSR count). The Morgan fingerprint density at radius 2 is 0.829 bits per heavy atom. The zero-order valence-electron chi connectivity index (χ0n) is 18.6. The number of rotatable bonds is 6. The SMILES string of the molecule is [Tl+].c1cncc(-c2ccn([B-](n3ccc(-c4cccnc4)n3)n3ccc(-c4cccnc4)n3)n2)c1. The fourth-order valence-electron chi connectivity index (χ4n) is 3.77. The molecule has 0 atom stereocenters. The van der Waals surface area contributed by atoms with Gasteiger partial charge in [-0.1, -0.05) is 0 Å². The van der Waals surface area contributed by atoms with Crippen molar-refractivity contribution in [2.75, 3.05) is 0 Å². The van der Waals surface area contributed by atoms with Crippen LogP contribution in [0.15, 0.2) is 110 Å². The average Bonchev–Trinajstić information content (AvgIpc) is 3.68. The van der Waals surface area contributed by atoms with E-state index in [-0.39, 0.29) is 27.3 Å². The Kier molecular flexibility index (Phi) is 6.61. The summed E-state index contributed by atoms with van der Waals surface area (Å²) in [6, 6.07) is 17.5. The molecule has 0 fully saturated rings. The molecule has 0 N–H and O–H groups in total. The molecule has 0 bridgehead atoms. The number of hydrogen-bond acceptors (Lipinski definition) is 6. The van der Waals surface area contributed by atoms with Crippen LogP contribution in [0.2, 0.25) is 0 Å². The predicted molar refractivity (Wildman–Crippen MR) is 134 cm³/mol. The van der Waals surface area contributed by atoms with E-state index in [1.165, 1.54) is 0 Å². The van der Waals surface area contributed by atoms with Crippen LogP contribution in [0.1, 0.15) is 0 Å². The van der Waals surface area contributed by atoms with Gasteiger partial charge in [-0.2, -0.15) is 0 Å². The van der Waals surface area contributed by atoms with Gasteiger partial charge in [-0.25, -0.2) is 15.3 Å². The van der Waals surface area contributed by atoms with Gasteiger partial charge >= 0.3 is 27.3 Å². The summed E-state index contributed by atoms with van der Waals surface area (Å²) in [5.74, 6) is 0. The van der Waals surface area contributed by atoms with Crippen molar-refractivity contribution in [1.82, 2.24) is 44.0 Å². The van der Waals surface area contributed by atoms with Gasteiger partial charge in [0.2, 0.25) is 0 Å². The van der Waals surface area contributed by atoms with E-state index in [1.807, 2.05) is 87.0 Å². The topological polar surface area (TPSA) is 92.1 Å². The normalized spacial score (nSPS) is 10.9. The standard InChI is InChI=1S/C24H18BN9.Tl/c1-4-19(16-26-10-1)22-7-13-32(29-22)25(33-14-8-23(30-33)20-5-2-11-27-17-20)34-15-9-24(31-34)21-6-3-12-28-18-21;/h1-18H;/q-1;+1. The van der Waals surface area contributed by atoms with Crippen molar-refractivity contribution in [3.63, 3.8) is 0 Å². The number of hydrogen-bond donors (Lipinski definition) is 0. The van der Waals surface area contributed by atoms with Gasteiger partial charge in [-0.15, -0.1) is 0 Å². The summed E-state index contributed by atoms with van der Waals surface area (Å²) in [6.07, 6.45) is 16.4. The van der Waals surface area contributed by atoms with Gasteiger partial charge in [0.05, 0.1) is 17.1 Å². The van der Waals surface area contributed by atoms with Gasteiger partial charge in [-0.3, -0.25) is 15.0 Å². The first kappa shape index (κ1) is 22.8. The minimum absolute atomic E-state index is 0. The zero-order valence-corrected chi connectivity index (χ0v) is 23.1. The maximum atomic E-state index is 4.83. The minimum Gasteiger partial charge on any atom is -0.424 e. The van der Waals surface area contributed by atoms with Gasteiger partial charge in [0.15, 0.2) is 0 Å². The molecule has 0 aliphatic rings. The molecule has 6 aromatic rings. The van der Waals surface area contributed by atoms with Crippen LogP contribution in [0.4, 0.5) is 0 Å². The Morgan fingerprint density at radius 1 is 0.486 bits per heavy atom. The van der Waals surface area contributed by atoms with Gasteiger partial charge in [0.25, 0.3) is 7.12 Å². The molecule has 165 valence electrons. The van der Waals surface area contributed by atoms with Gasteiger partial charge < -0.3 is 13.8 Å². The molecule has 0 saturated carbocycles. The van der Waals surface area contributed by atoms with Crippen LogP contribution in [0.25, 0.3) is 33.8 Å². The molecule has 1 radical (unpaired) electrons. The number of pyridine rings is 3. The molecule has 0 aliphatic carbocycles. The van der Waals surface area contributed by atoms with Crippen molar-refractivity contribution in [3.8, 4) is 33.8 Å². The van der Waals surface area contributed by atoms with E-state index in [2.05, 4.69) is 15.0 Å². The smallest absolute Gasteiger partial charge is 0.424 e. The van der Waals surface area contributed by atoms with E-state index >= 15 is 0 Å². The molecule has 0 aliphatic heterocycles. The molecule has 0 spiro atoms. The van der Waals surface area contributed by atoms with Crippen LogP contribution in [-0.2, 0) is 0 Å². The molecule has 11 heteroatoms. The Hall–Kier alpha value is -3.93. The molecular formula is C24H18BN9Tl. The van der Waals surface area contributed by atoms with Gasteiger partial charge in [0, 0.05) is 53.9 Å². The number of nitrogens with zero attached hydrogens (tertiary/aromatic N) is 9. The Labute approximate surface area is 221 Å². The Balaban J connectivity index is 0.00000253. The van der Waals surface area contributed by atoms with Crippen molar-refractivity contribution >= 4 is 34.4 Å². The first-order valence-electron chi connectivity index (χ1n) is 10.7. The summed E-state index contributed by atoms with van der Waals surface area (Å²) in [5, 5.41) is 14.5. The summed E-state index contributed by atoms with van der Waals surface area (Å²) in [7, 11) is -0.457. The van der Waals surface area contributed by atoms with E-state index in [0.717, 1.165) is 33.8 Å². The zero-order chi connectivity index (χ0) is 22.7. The molecule has 9 nitrogen and oxygen atoms in total. The Bertz CT molecular complexity index is 1330. The van der Waals surface area contributed by atoms with E-state index in [9.17, 15) is 0 Å². The van der Waals surface area contributed by atoms with Crippen LogP contribution in [-0.4, -0.2) is 78.4 Å². The van der Waals surface area contributed by atoms with Gasteiger partial charge in [-0.05, 0) is 73.2 Å². The first-order chi connectivity index (χ1) is 16.8. The van der Waals surface area contributed by atoms with Crippen LogP contribution in [0.5, 0.6) is 0 Å². The molecule has 0 unspecified atom stereocenters. The minimum atomic E-state index is -0.457. The Morgan fingerprint density at radius 3 is 1.11 bits per heavy atom. The third-order valence-electron chi connectivity index (χ3n) is 5.41. The second-order valence-electron chi connectivity index (χ2n) is 7.61. The van der Waals surface area contributed by atoms with E-state index < -0.39 is 7.12 Å². The third kappa shape index (κ3) is 4.69. The van der Waals surface area contributed by atoms with E-state index in [4.69, 9.17) is 15.3 Å².